The first-order valence-corrected chi connectivity index (χ1v) is 7.91. The zero-order valence-corrected chi connectivity index (χ0v) is 15.4. The third-order valence-corrected chi connectivity index (χ3v) is 4.34. The van der Waals surface area contributed by atoms with Crippen molar-refractivity contribution in [2.75, 3.05) is 12.8 Å². The van der Waals surface area contributed by atoms with Crippen LogP contribution in [0.4, 0.5) is 5.69 Å². The topological polar surface area (TPSA) is 110 Å². The van der Waals surface area contributed by atoms with Gasteiger partial charge < -0.3 is 15.6 Å². The van der Waals surface area contributed by atoms with Crippen molar-refractivity contribution >= 4 is 52.1 Å². The molecule has 2 aromatic rings. The van der Waals surface area contributed by atoms with Crippen molar-refractivity contribution in [2.24, 2.45) is 5.10 Å². The van der Waals surface area contributed by atoms with Crippen molar-refractivity contribution in [3.63, 3.8) is 0 Å². The number of phenolic OH excluding ortho intramolecular Hbond substituents is 1. The van der Waals surface area contributed by atoms with E-state index in [-0.39, 0.29) is 32.3 Å². The number of amides is 1. The lowest BCUT2D eigenvalue weighted by molar-refractivity contribution is 0.0950. The number of aromatic hydroxyl groups is 1. The quantitative estimate of drug-likeness (QED) is 0.411. The van der Waals surface area contributed by atoms with Crippen LogP contribution in [0.2, 0.25) is 15.2 Å². The molecule has 0 aliphatic rings. The van der Waals surface area contributed by atoms with Crippen LogP contribution in [0.25, 0.3) is 0 Å². The molecule has 0 atom stereocenters. The van der Waals surface area contributed by atoms with E-state index >= 15 is 0 Å². The summed E-state index contributed by atoms with van der Waals surface area (Å²) in [7, 11) is 1.49. The molecule has 1 aromatic carbocycles. The molecule has 1 amide bonds. The maximum Gasteiger partial charge on any atom is 0.291 e. The highest BCUT2D eigenvalue weighted by Crippen LogP contribution is 2.34. The standard InChI is InChI=1S/C15H13Cl3N4O3/c1-6(8-5-7(25-2)3-4-9(8)23)21-22-15(24)13-10(16)12(19)11(17)14(18)20-13/h3-5,23H,1-2H3,(H2,19,20)(H,22,24)/b21-6+. The summed E-state index contributed by atoms with van der Waals surface area (Å²) in [6, 6.07) is 4.61. The van der Waals surface area contributed by atoms with Gasteiger partial charge in [-0.05, 0) is 25.1 Å². The average Bonchev–Trinajstić information content (AvgIpc) is 2.61. The summed E-state index contributed by atoms with van der Waals surface area (Å²) >= 11 is 17.6. The predicted molar refractivity (Wildman–Crippen MR) is 98.0 cm³/mol. The van der Waals surface area contributed by atoms with Crippen molar-refractivity contribution in [1.29, 1.82) is 0 Å². The van der Waals surface area contributed by atoms with Crippen LogP contribution < -0.4 is 15.9 Å². The van der Waals surface area contributed by atoms with E-state index in [1.165, 1.54) is 13.2 Å². The molecule has 0 saturated carbocycles. The lowest BCUT2D eigenvalue weighted by Gasteiger charge is -2.09. The molecule has 0 aliphatic carbocycles. The molecule has 0 aliphatic heterocycles. The number of nitrogens with zero attached hydrogens (tertiary/aromatic N) is 2. The SMILES string of the molecule is COc1ccc(O)c(/C(C)=N/NC(=O)c2nc(Cl)c(Cl)c(N)c2Cl)c1. The smallest absolute Gasteiger partial charge is 0.291 e. The number of hydrogen-bond donors (Lipinski definition) is 3. The number of benzene rings is 1. The zero-order chi connectivity index (χ0) is 18.7. The van der Waals surface area contributed by atoms with Crippen LogP contribution in [0.15, 0.2) is 23.3 Å². The molecular weight excluding hydrogens is 391 g/mol. The van der Waals surface area contributed by atoms with Crippen molar-refractivity contribution in [1.82, 2.24) is 10.4 Å². The summed E-state index contributed by atoms with van der Waals surface area (Å²) in [5.41, 5.74) is 8.37. The summed E-state index contributed by atoms with van der Waals surface area (Å²) in [4.78, 5) is 16.0. The monoisotopic (exact) mass is 402 g/mol. The summed E-state index contributed by atoms with van der Waals surface area (Å²) < 4.78 is 5.09. The normalized spacial score (nSPS) is 11.3. The van der Waals surface area contributed by atoms with Crippen molar-refractivity contribution in [2.45, 2.75) is 6.92 Å². The molecule has 0 bridgehead atoms. The second-order valence-corrected chi connectivity index (χ2v) is 5.93. The fourth-order valence-electron chi connectivity index (χ4n) is 1.86. The van der Waals surface area contributed by atoms with Crippen LogP contribution in [0, 0.1) is 0 Å². The van der Waals surface area contributed by atoms with E-state index in [0.717, 1.165) is 0 Å². The summed E-state index contributed by atoms with van der Waals surface area (Å²) in [6.07, 6.45) is 0. The van der Waals surface area contributed by atoms with Gasteiger partial charge in [-0.15, -0.1) is 0 Å². The number of hydrazone groups is 1. The predicted octanol–water partition coefficient (Wildman–Crippen LogP) is 3.49. The maximum absolute atomic E-state index is 12.2. The number of carbonyl (C=O) groups excluding carboxylic acids is 1. The molecule has 1 aromatic heterocycles. The third kappa shape index (κ3) is 4.07. The first-order valence-electron chi connectivity index (χ1n) is 6.78. The van der Waals surface area contributed by atoms with Gasteiger partial charge in [0.15, 0.2) is 10.8 Å². The molecule has 0 unspecified atom stereocenters. The molecule has 0 radical (unpaired) electrons. The highest BCUT2D eigenvalue weighted by atomic mass is 35.5. The summed E-state index contributed by atoms with van der Waals surface area (Å²) in [5, 5.41) is 13.5. The molecule has 4 N–H and O–H groups in total. The summed E-state index contributed by atoms with van der Waals surface area (Å²) in [6.45, 7) is 1.59. The maximum atomic E-state index is 12.2. The van der Waals surface area contributed by atoms with Crippen molar-refractivity contribution < 1.29 is 14.6 Å². The number of halogens is 3. The Morgan fingerprint density at radius 1 is 1.32 bits per heavy atom. The van der Waals surface area contributed by atoms with E-state index in [4.69, 9.17) is 45.3 Å². The van der Waals surface area contributed by atoms with E-state index in [9.17, 15) is 9.90 Å². The Morgan fingerprint density at radius 3 is 2.64 bits per heavy atom. The van der Waals surface area contributed by atoms with Gasteiger partial charge in [0, 0.05) is 5.56 Å². The number of phenols is 1. The second-order valence-electron chi connectivity index (χ2n) is 4.81. The number of methoxy groups -OCH3 is 1. The lowest BCUT2D eigenvalue weighted by atomic mass is 10.1. The number of nitrogens with one attached hydrogen (secondary N) is 1. The van der Waals surface area contributed by atoms with Crippen molar-refractivity contribution in [3.05, 3.63) is 44.7 Å². The molecule has 10 heteroatoms. The van der Waals surface area contributed by atoms with Gasteiger partial charge in [0.1, 0.15) is 16.5 Å². The Morgan fingerprint density at radius 2 is 2.00 bits per heavy atom. The largest absolute Gasteiger partial charge is 0.507 e. The molecule has 0 spiro atoms. The van der Waals surface area contributed by atoms with Crippen LogP contribution in [-0.2, 0) is 0 Å². The molecule has 0 saturated heterocycles. The van der Waals surface area contributed by atoms with Crippen LogP contribution in [-0.4, -0.2) is 28.8 Å². The number of ether oxygens (including phenoxy) is 1. The van der Waals surface area contributed by atoms with Gasteiger partial charge in [-0.1, -0.05) is 34.8 Å². The Hall–Kier alpha value is -2.22. The highest BCUT2D eigenvalue weighted by Gasteiger charge is 2.19. The number of anilines is 1. The molecular formula is C15H13Cl3N4O3. The number of aromatic nitrogens is 1. The number of nitrogen functional groups attached to an aromatic ring is 1. The fraction of sp³-hybridized carbons (Fsp3) is 0.133. The third-order valence-electron chi connectivity index (χ3n) is 3.21. The molecule has 0 fully saturated rings. The minimum absolute atomic E-state index is 0.0220. The first-order chi connectivity index (χ1) is 11.8. The van der Waals surface area contributed by atoms with Gasteiger partial charge in [-0.25, -0.2) is 10.4 Å². The van der Waals surface area contributed by atoms with E-state index in [1.54, 1.807) is 19.1 Å². The number of pyridine rings is 1. The fourth-order valence-corrected chi connectivity index (χ4v) is 2.46. The van der Waals surface area contributed by atoms with E-state index in [1.807, 2.05) is 0 Å². The van der Waals surface area contributed by atoms with Crippen LogP contribution in [0.5, 0.6) is 11.5 Å². The minimum Gasteiger partial charge on any atom is -0.507 e. The molecule has 2 rings (SSSR count). The number of carbonyl (C=O) groups is 1. The van der Waals surface area contributed by atoms with Gasteiger partial charge >= 0.3 is 0 Å². The van der Waals surface area contributed by atoms with E-state index in [0.29, 0.717) is 17.0 Å². The Labute approximate surface area is 158 Å². The van der Waals surface area contributed by atoms with Gasteiger partial charge in [-0.2, -0.15) is 5.10 Å². The van der Waals surface area contributed by atoms with Gasteiger partial charge in [0.25, 0.3) is 5.91 Å². The molecule has 1 heterocycles. The molecule has 132 valence electrons. The average molecular weight is 404 g/mol. The molecule has 7 nitrogen and oxygen atoms in total. The van der Waals surface area contributed by atoms with Gasteiger partial charge in [0.2, 0.25) is 0 Å². The van der Waals surface area contributed by atoms with Crippen molar-refractivity contribution in [3.8, 4) is 11.5 Å². The van der Waals surface area contributed by atoms with Gasteiger partial charge in [-0.3, -0.25) is 4.79 Å². The zero-order valence-electron chi connectivity index (χ0n) is 13.1. The number of nitrogens with two attached hydrogens (primary N) is 1. The minimum atomic E-state index is -0.739. The summed E-state index contributed by atoms with van der Waals surface area (Å²) in [5.74, 6) is -0.237. The van der Waals surface area contributed by atoms with Crippen LogP contribution in [0.1, 0.15) is 23.0 Å². The Bertz CT molecular complexity index is 872. The van der Waals surface area contributed by atoms with Gasteiger partial charge in [0.05, 0.1) is 23.5 Å². The van der Waals surface area contributed by atoms with Crippen LogP contribution >= 0.6 is 34.8 Å². The lowest BCUT2D eigenvalue weighted by Crippen LogP contribution is -2.21. The Balaban J connectivity index is 2.29. The van der Waals surface area contributed by atoms with E-state index in [2.05, 4.69) is 15.5 Å². The molecule has 25 heavy (non-hydrogen) atoms. The number of hydrogen-bond acceptors (Lipinski definition) is 6. The highest BCUT2D eigenvalue weighted by molar-refractivity contribution is 6.46. The van der Waals surface area contributed by atoms with Crippen LogP contribution in [0.3, 0.4) is 0 Å². The number of rotatable bonds is 4. The first kappa shape index (κ1) is 19.1. The second kappa shape index (κ2) is 7.77. The Kier molecular flexibility index (Phi) is 5.94. The van der Waals surface area contributed by atoms with E-state index < -0.39 is 5.91 Å².